The Morgan fingerprint density at radius 2 is 1.02 bits per heavy atom. The van der Waals surface area contributed by atoms with Gasteiger partial charge in [-0.15, -0.1) is 0 Å². The molecule has 4 heteroatoms. The summed E-state index contributed by atoms with van der Waals surface area (Å²) in [6.45, 7) is 4.65. The summed E-state index contributed by atoms with van der Waals surface area (Å²) in [5, 5.41) is 2.13. The maximum atomic E-state index is 6.47. The Morgan fingerprint density at radius 3 is 1.74 bits per heavy atom. The van der Waals surface area contributed by atoms with Gasteiger partial charge in [0.1, 0.15) is 11.2 Å². The molecule has 0 saturated heterocycles. The van der Waals surface area contributed by atoms with E-state index in [-0.39, 0.29) is 5.41 Å². The van der Waals surface area contributed by atoms with Crippen molar-refractivity contribution in [3.8, 4) is 56.4 Å². The molecule has 0 bridgehead atoms. The highest BCUT2D eigenvalue weighted by Crippen LogP contribution is 2.53. The summed E-state index contributed by atoms with van der Waals surface area (Å²) in [4.78, 5) is 14.9. The second-order valence-electron chi connectivity index (χ2n) is 12.4. The van der Waals surface area contributed by atoms with Crippen LogP contribution < -0.4 is 0 Å². The second kappa shape index (κ2) is 10.1. The molecule has 0 N–H and O–H groups in total. The summed E-state index contributed by atoms with van der Waals surface area (Å²) in [6, 6.07) is 48.3. The minimum atomic E-state index is -0.0763. The van der Waals surface area contributed by atoms with Gasteiger partial charge in [-0.25, -0.2) is 15.0 Å². The lowest BCUT2D eigenvalue weighted by atomic mass is 9.82. The Hall–Kier alpha value is -5.87. The molecule has 6 aromatic carbocycles. The van der Waals surface area contributed by atoms with Crippen LogP contribution in [0.4, 0.5) is 0 Å². The SMILES string of the molecule is CC1(C)c2ccccc2-c2c(-c3cccc4oc5ccc(-c6nc(-c7ccccc7)nc(-c7ccccc7)n6)cc5c34)cccc21. The number of hydrogen-bond acceptors (Lipinski definition) is 4. The van der Waals surface area contributed by atoms with Gasteiger partial charge in [0, 0.05) is 32.9 Å². The van der Waals surface area contributed by atoms with Gasteiger partial charge in [0.25, 0.3) is 0 Å². The third-order valence-corrected chi connectivity index (χ3v) is 9.35. The van der Waals surface area contributed by atoms with Crippen molar-refractivity contribution in [2.45, 2.75) is 19.3 Å². The monoisotopic (exact) mass is 591 g/mol. The fourth-order valence-corrected chi connectivity index (χ4v) is 7.11. The zero-order chi connectivity index (χ0) is 30.8. The van der Waals surface area contributed by atoms with Crippen molar-refractivity contribution in [3.05, 3.63) is 151 Å². The highest BCUT2D eigenvalue weighted by Gasteiger charge is 2.36. The zero-order valence-electron chi connectivity index (χ0n) is 25.5. The zero-order valence-corrected chi connectivity index (χ0v) is 25.5. The molecule has 0 fully saturated rings. The van der Waals surface area contributed by atoms with Crippen LogP contribution in [-0.4, -0.2) is 15.0 Å². The minimum Gasteiger partial charge on any atom is -0.456 e. The molecule has 0 amide bonds. The van der Waals surface area contributed by atoms with E-state index in [4.69, 9.17) is 19.4 Å². The maximum Gasteiger partial charge on any atom is 0.164 e. The molecule has 2 aromatic heterocycles. The average molecular weight is 592 g/mol. The summed E-state index contributed by atoms with van der Waals surface area (Å²) in [5.41, 5.74) is 12.1. The molecule has 4 nitrogen and oxygen atoms in total. The topological polar surface area (TPSA) is 51.8 Å². The van der Waals surface area contributed by atoms with Crippen LogP contribution in [0.5, 0.6) is 0 Å². The molecular weight excluding hydrogens is 562 g/mol. The van der Waals surface area contributed by atoms with Crippen LogP contribution in [-0.2, 0) is 5.41 Å². The van der Waals surface area contributed by atoms with Gasteiger partial charge in [-0.05, 0) is 57.6 Å². The van der Waals surface area contributed by atoms with E-state index >= 15 is 0 Å². The number of furan rings is 1. The van der Waals surface area contributed by atoms with Crippen LogP contribution in [0.25, 0.3) is 78.4 Å². The minimum absolute atomic E-state index is 0.0763. The quantitative estimate of drug-likeness (QED) is 0.204. The lowest BCUT2D eigenvalue weighted by Gasteiger charge is -2.21. The summed E-state index contributed by atoms with van der Waals surface area (Å²) in [7, 11) is 0. The first-order valence-corrected chi connectivity index (χ1v) is 15.6. The fourth-order valence-electron chi connectivity index (χ4n) is 7.11. The molecule has 8 aromatic rings. The molecule has 0 atom stereocenters. The molecule has 1 aliphatic rings. The van der Waals surface area contributed by atoms with E-state index in [0.717, 1.165) is 44.2 Å². The van der Waals surface area contributed by atoms with Crippen molar-refractivity contribution >= 4 is 21.9 Å². The molecule has 1 aliphatic carbocycles. The lowest BCUT2D eigenvalue weighted by molar-refractivity contribution is 0.660. The average Bonchev–Trinajstić information content (AvgIpc) is 3.61. The largest absolute Gasteiger partial charge is 0.456 e. The van der Waals surface area contributed by atoms with Crippen LogP contribution >= 0.6 is 0 Å². The van der Waals surface area contributed by atoms with Gasteiger partial charge < -0.3 is 4.42 Å². The van der Waals surface area contributed by atoms with Gasteiger partial charge in [0.15, 0.2) is 17.5 Å². The highest BCUT2D eigenvalue weighted by atomic mass is 16.3. The number of hydrogen-bond donors (Lipinski definition) is 0. The molecule has 9 rings (SSSR count). The van der Waals surface area contributed by atoms with Gasteiger partial charge in [0.2, 0.25) is 0 Å². The number of benzene rings is 6. The van der Waals surface area contributed by atoms with E-state index < -0.39 is 0 Å². The van der Waals surface area contributed by atoms with Crippen molar-refractivity contribution in [3.63, 3.8) is 0 Å². The van der Waals surface area contributed by atoms with Gasteiger partial charge >= 0.3 is 0 Å². The Bertz CT molecular complexity index is 2380. The van der Waals surface area contributed by atoms with Crippen LogP contribution in [0.3, 0.4) is 0 Å². The van der Waals surface area contributed by atoms with Crippen molar-refractivity contribution in [1.82, 2.24) is 15.0 Å². The molecule has 2 heterocycles. The standard InChI is InChI=1S/C42H29N3O/c1-42(2)33-20-10-9-17-31(33)37-29(18-11-21-34(37)42)30-19-12-22-36-38(30)32-25-28(23-24-35(32)46-36)41-44-39(26-13-5-3-6-14-26)43-40(45-41)27-15-7-4-8-16-27/h3-25H,1-2H3. The Morgan fingerprint density at radius 1 is 0.457 bits per heavy atom. The fraction of sp³-hybridized carbons (Fsp3) is 0.0714. The summed E-state index contributed by atoms with van der Waals surface area (Å²) < 4.78 is 6.47. The van der Waals surface area contributed by atoms with Crippen molar-refractivity contribution in [2.75, 3.05) is 0 Å². The van der Waals surface area contributed by atoms with Gasteiger partial charge in [-0.1, -0.05) is 129 Å². The summed E-state index contributed by atoms with van der Waals surface area (Å²) in [5.74, 6) is 1.91. The van der Waals surface area contributed by atoms with Crippen molar-refractivity contribution < 1.29 is 4.42 Å². The Kier molecular flexibility index (Phi) is 5.81. The first-order chi connectivity index (χ1) is 22.6. The lowest BCUT2D eigenvalue weighted by Crippen LogP contribution is -2.14. The molecule has 0 unspecified atom stereocenters. The molecule has 0 spiro atoms. The van der Waals surface area contributed by atoms with Crippen LogP contribution in [0.15, 0.2) is 144 Å². The second-order valence-corrected chi connectivity index (χ2v) is 12.4. The van der Waals surface area contributed by atoms with E-state index in [0.29, 0.717) is 17.5 Å². The maximum absolute atomic E-state index is 6.47. The molecule has 218 valence electrons. The predicted octanol–water partition coefficient (Wildman–Crippen LogP) is 10.7. The van der Waals surface area contributed by atoms with Gasteiger partial charge in [-0.2, -0.15) is 0 Å². The predicted molar refractivity (Wildman–Crippen MR) is 186 cm³/mol. The molecule has 0 aliphatic heterocycles. The number of rotatable bonds is 4. The Balaban J connectivity index is 1.27. The van der Waals surface area contributed by atoms with E-state index in [1.54, 1.807) is 0 Å². The van der Waals surface area contributed by atoms with Gasteiger partial charge in [0.05, 0.1) is 0 Å². The first kappa shape index (κ1) is 26.5. The first-order valence-electron chi connectivity index (χ1n) is 15.6. The highest BCUT2D eigenvalue weighted by molar-refractivity contribution is 6.15. The van der Waals surface area contributed by atoms with Gasteiger partial charge in [-0.3, -0.25) is 0 Å². The van der Waals surface area contributed by atoms with Crippen molar-refractivity contribution in [2.24, 2.45) is 0 Å². The van der Waals surface area contributed by atoms with E-state index in [9.17, 15) is 0 Å². The molecular formula is C42H29N3O. The molecule has 0 radical (unpaired) electrons. The van der Waals surface area contributed by atoms with Crippen LogP contribution in [0.2, 0.25) is 0 Å². The summed E-state index contributed by atoms with van der Waals surface area (Å²) in [6.07, 6.45) is 0. The van der Waals surface area contributed by atoms with E-state index in [1.807, 2.05) is 72.8 Å². The third kappa shape index (κ3) is 4.04. The Labute approximate surface area is 267 Å². The third-order valence-electron chi connectivity index (χ3n) is 9.35. The van der Waals surface area contributed by atoms with Crippen molar-refractivity contribution in [1.29, 1.82) is 0 Å². The number of fused-ring (bicyclic) bond motifs is 6. The number of aromatic nitrogens is 3. The van der Waals surface area contributed by atoms with Crippen LogP contribution in [0.1, 0.15) is 25.0 Å². The molecule has 0 saturated carbocycles. The molecule has 46 heavy (non-hydrogen) atoms. The van der Waals surface area contributed by atoms with E-state index in [1.165, 1.54) is 27.8 Å². The summed E-state index contributed by atoms with van der Waals surface area (Å²) >= 11 is 0. The number of nitrogens with zero attached hydrogens (tertiary/aromatic N) is 3. The van der Waals surface area contributed by atoms with Crippen LogP contribution in [0, 0.1) is 0 Å². The normalized spacial score (nSPS) is 13.2. The van der Waals surface area contributed by atoms with E-state index in [2.05, 4.69) is 80.6 Å². The smallest absolute Gasteiger partial charge is 0.164 e.